The monoisotopic (exact) mass is 253 g/mol. The molecule has 0 aromatic heterocycles. The maximum Gasteiger partial charge on any atom is 0.307 e. The van der Waals surface area contributed by atoms with Gasteiger partial charge >= 0.3 is 5.97 Å². The van der Waals surface area contributed by atoms with Crippen LogP contribution in [0.15, 0.2) is 12.2 Å². The van der Waals surface area contributed by atoms with Crippen molar-refractivity contribution in [1.82, 2.24) is 5.32 Å². The van der Waals surface area contributed by atoms with Gasteiger partial charge in [-0.2, -0.15) is 0 Å². The second kappa shape index (κ2) is 5.55. The molecule has 0 saturated carbocycles. The van der Waals surface area contributed by atoms with Gasteiger partial charge in [-0.1, -0.05) is 32.9 Å². The zero-order valence-corrected chi connectivity index (χ0v) is 11.6. The third-order valence-corrected chi connectivity index (χ3v) is 3.74. The lowest BCUT2D eigenvalue weighted by atomic mass is 9.81. The highest BCUT2D eigenvalue weighted by atomic mass is 16.4. The second-order valence-electron chi connectivity index (χ2n) is 6.09. The fourth-order valence-electron chi connectivity index (χ4n) is 1.91. The van der Waals surface area contributed by atoms with Crippen molar-refractivity contribution in [3.05, 3.63) is 12.2 Å². The number of carboxylic acid groups (broad SMARTS) is 1. The average molecular weight is 253 g/mol. The van der Waals surface area contributed by atoms with E-state index < -0.39 is 17.8 Å². The Labute approximate surface area is 108 Å². The summed E-state index contributed by atoms with van der Waals surface area (Å²) in [5.41, 5.74) is -0.0289. The number of hydrogen-bond acceptors (Lipinski definition) is 2. The molecule has 3 atom stereocenters. The van der Waals surface area contributed by atoms with Crippen molar-refractivity contribution in [1.29, 1.82) is 0 Å². The van der Waals surface area contributed by atoms with Crippen molar-refractivity contribution in [2.75, 3.05) is 0 Å². The van der Waals surface area contributed by atoms with Crippen molar-refractivity contribution < 1.29 is 14.7 Å². The van der Waals surface area contributed by atoms with E-state index in [-0.39, 0.29) is 17.4 Å². The number of carbonyl (C=O) groups excluding carboxylic acids is 1. The summed E-state index contributed by atoms with van der Waals surface area (Å²) in [7, 11) is 0. The van der Waals surface area contributed by atoms with E-state index in [2.05, 4.69) is 5.32 Å². The molecule has 1 aliphatic carbocycles. The van der Waals surface area contributed by atoms with Gasteiger partial charge in [0.25, 0.3) is 0 Å². The number of allylic oxidation sites excluding steroid dienone is 2. The Morgan fingerprint density at radius 3 is 2.17 bits per heavy atom. The Morgan fingerprint density at radius 2 is 1.72 bits per heavy atom. The maximum atomic E-state index is 12.2. The van der Waals surface area contributed by atoms with Crippen LogP contribution in [0, 0.1) is 17.3 Å². The first-order valence-electron chi connectivity index (χ1n) is 6.41. The Balaban J connectivity index is 2.71. The van der Waals surface area contributed by atoms with Crippen LogP contribution in [-0.4, -0.2) is 23.0 Å². The predicted molar refractivity (Wildman–Crippen MR) is 70.0 cm³/mol. The topological polar surface area (TPSA) is 66.4 Å². The van der Waals surface area contributed by atoms with Crippen LogP contribution in [0.4, 0.5) is 0 Å². The maximum absolute atomic E-state index is 12.2. The van der Waals surface area contributed by atoms with Gasteiger partial charge in [-0.05, 0) is 25.2 Å². The summed E-state index contributed by atoms with van der Waals surface area (Å²) in [6, 6.07) is 0.0188. The van der Waals surface area contributed by atoms with Crippen LogP contribution in [0.3, 0.4) is 0 Å². The van der Waals surface area contributed by atoms with Crippen LogP contribution in [-0.2, 0) is 9.59 Å². The zero-order chi connectivity index (χ0) is 13.9. The number of amides is 1. The number of carboxylic acids is 1. The lowest BCUT2D eigenvalue weighted by Gasteiger charge is -2.31. The van der Waals surface area contributed by atoms with Crippen molar-refractivity contribution in [2.45, 2.75) is 46.6 Å². The van der Waals surface area contributed by atoms with Crippen LogP contribution < -0.4 is 5.32 Å². The summed E-state index contributed by atoms with van der Waals surface area (Å²) in [6.07, 6.45) is 4.69. The second-order valence-corrected chi connectivity index (χ2v) is 6.09. The largest absolute Gasteiger partial charge is 0.481 e. The summed E-state index contributed by atoms with van der Waals surface area (Å²) in [5, 5.41) is 12.1. The van der Waals surface area contributed by atoms with E-state index in [1.165, 1.54) is 0 Å². The van der Waals surface area contributed by atoms with E-state index in [4.69, 9.17) is 5.11 Å². The van der Waals surface area contributed by atoms with Crippen LogP contribution in [0.2, 0.25) is 0 Å². The van der Waals surface area contributed by atoms with E-state index in [1.807, 2.05) is 39.8 Å². The van der Waals surface area contributed by atoms with Crippen LogP contribution in [0.1, 0.15) is 40.5 Å². The summed E-state index contributed by atoms with van der Waals surface area (Å²) in [6.45, 7) is 8.10. The smallest absolute Gasteiger partial charge is 0.307 e. The molecule has 0 fully saturated rings. The highest BCUT2D eigenvalue weighted by molar-refractivity contribution is 5.85. The van der Waals surface area contributed by atoms with Gasteiger partial charge < -0.3 is 10.4 Å². The molecule has 0 spiro atoms. The molecule has 1 rings (SSSR count). The molecule has 1 aliphatic rings. The molecule has 0 aliphatic heterocycles. The first kappa shape index (κ1) is 14.7. The van der Waals surface area contributed by atoms with E-state index >= 15 is 0 Å². The first-order chi connectivity index (χ1) is 8.23. The first-order valence-corrected chi connectivity index (χ1v) is 6.41. The Hall–Kier alpha value is -1.32. The lowest BCUT2D eigenvalue weighted by molar-refractivity contribution is -0.147. The molecule has 0 aromatic carbocycles. The minimum atomic E-state index is -0.886. The quantitative estimate of drug-likeness (QED) is 0.758. The van der Waals surface area contributed by atoms with Gasteiger partial charge in [0, 0.05) is 6.04 Å². The SMILES string of the molecule is CC(NC(=O)[C@@H]1CC=CC[C@@H]1C(=O)O)C(C)(C)C. The van der Waals surface area contributed by atoms with E-state index in [0.717, 1.165) is 0 Å². The molecular weight excluding hydrogens is 230 g/mol. The summed E-state index contributed by atoms with van der Waals surface area (Å²) >= 11 is 0. The highest BCUT2D eigenvalue weighted by Gasteiger charge is 2.35. The Kier molecular flexibility index (Phi) is 4.54. The number of rotatable bonds is 3. The number of aliphatic carboxylic acids is 1. The highest BCUT2D eigenvalue weighted by Crippen LogP contribution is 2.27. The Morgan fingerprint density at radius 1 is 1.22 bits per heavy atom. The van der Waals surface area contributed by atoms with Gasteiger partial charge in [0.2, 0.25) is 5.91 Å². The lowest BCUT2D eigenvalue weighted by Crippen LogP contribution is -2.46. The van der Waals surface area contributed by atoms with Gasteiger partial charge in [0.1, 0.15) is 0 Å². The van der Waals surface area contributed by atoms with Crippen LogP contribution in [0.5, 0.6) is 0 Å². The molecule has 0 saturated heterocycles. The van der Waals surface area contributed by atoms with Crippen molar-refractivity contribution in [3.63, 3.8) is 0 Å². The van der Waals surface area contributed by atoms with Gasteiger partial charge in [-0.3, -0.25) is 9.59 Å². The summed E-state index contributed by atoms with van der Waals surface area (Å²) < 4.78 is 0. The fraction of sp³-hybridized carbons (Fsp3) is 0.714. The van der Waals surface area contributed by atoms with E-state index in [1.54, 1.807) is 0 Å². The average Bonchev–Trinajstić information content (AvgIpc) is 2.27. The zero-order valence-electron chi connectivity index (χ0n) is 11.6. The Bertz CT molecular complexity index is 355. The van der Waals surface area contributed by atoms with Crippen molar-refractivity contribution in [3.8, 4) is 0 Å². The standard InChI is InChI=1S/C14H23NO3/c1-9(14(2,3)4)15-12(16)10-7-5-6-8-11(10)13(17)18/h5-6,9-11H,7-8H2,1-4H3,(H,15,16)(H,17,18)/t9?,10-,11+/m1/s1. The number of nitrogens with one attached hydrogen (secondary N) is 1. The molecule has 2 N–H and O–H groups in total. The molecule has 0 heterocycles. The number of hydrogen-bond donors (Lipinski definition) is 2. The third kappa shape index (κ3) is 3.59. The normalized spacial score (nSPS) is 25.6. The van der Waals surface area contributed by atoms with Crippen molar-refractivity contribution >= 4 is 11.9 Å². The molecule has 18 heavy (non-hydrogen) atoms. The van der Waals surface area contributed by atoms with Gasteiger partial charge in [-0.15, -0.1) is 0 Å². The molecule has 0 radical (unpaired) electrons. The minimum absolute atomic E-state index is 0.0188. The summed E-state index contributed by atoms with van der Waals surface area (Å²) in [4.78, 5) is 23.3. The van der Waals surface area contributed by atoms with Gasteiger partial charge in [0.05, 0.1) is 11.8 Å². The molecule has 4 nitrogen and oxygen atoms in total. The fourth-order valence-corrected chi connectivity index (χ4v) is 1.91. The minimum Gasteiger partial charge on any atom is -0.481 e. The summed E-state index contributed by atoms with van der Waals surface area (Å²) in [5.74, 6) is -2.07. The molecule has 1 amide bonds. The molecule has 4 heteroatoms. The van der Waals surface area contributed by atoms with E-state index in [9.17, 15) is 9.59 Å². The predicted octanol–water partition coefficient (Wildman–Crippen LogP) is 2.20. The molecule has 1 unspecified atom stereocenters. The third-order valence-electron chi connectivity index (χ3n) is 3.74. The molecule has 102 valence electrons. The van der Waals surface area contributed by atoms with Gasteiger partial charge in [-0.25, -0.2) is 0 Å². The molecular formula is C14H23NO3. The van der Waals surface area contributed by atoms with Crippen LogP contribution in [0.25, 0.3) is 0 Å². The molecule has 0 bridgehead atoms. The number of carbonyl (C=O) groups is 2. The van der Waals surface area contributed by atoms with Crippen LogP contribution >= 0.6 is 0 Å². The van der Waals surface area contributed by atoms with E-state index in [0.29, 0.717) is 12.8 Å². The van der Waals surface area contributed by atoms with Gasteiger partial charge in [0.15, 0.2) is 0 Å². The van der Waals surface area contributed by atoms with Crippen molar-refractivity contribution in [2.24, 2.45) is 17.3 Å². The molecule has 0 aromatic rings.